The smallest absolute Gasteiger partial charge is 0.416 e. The summed E-state index contributed by atoms with van der Waals surface area (Å²) in [5.41, 5.74) is 0.161. The summed E-state index contributed by atoms with van der Waals surface area (Å²) in [6.45, 7) is 0.136. The van der Waals surface area contributed by atoms with Gasteiger partial charge in [0.1, 0.15) is 11.5 Å². The minimum Gasteiger partial charge on any atom is -0.497 e. The number of benzene rings is 2. The van der Waals surface area contributed by atoms with Crippen molar-refractivity contribution in [1.82, 2.24) is 4.90 Å². The average Bonchev–Trinajstić information content (AvgIpc) is 2.60. The SMILES string of the molecule is COc1ccc(CN(C)C(=O)COc2ccc(C(F)(F)F)cc2)cc1. The van der Waals surface area contributed by atoms with E-state index in [2.05, 4.69) is 0 Å². The molecule has 0 radical (unpaired) electrons. The van der Waals surface area contributed by atoms with Crippen LogP contribution in [0, 0.1) is 0 Å². The molecule has 0 bridgehead atoms. The molecule has 7 heteroatoms. The van der Waals surface area contributed by atoms with Gasteiger partial charge >= 0.3 is 6.18 Å². The van der Waals surface area contributed by atoms with Crippen LogP contribution < -0.4 is 9.47 Å². The molecule has 0 unspecified atom stereocenters. The summed E-state index contributed by atoms with van der Waals surface area (Å²) in [6.07, 6.45) is -4.40. The minimum atomic E-state index is -4.40. The van der Waals surface area contributed by atoms with E-state index in [0.29, 0.717) is 6.54 Å². The van der Waals surface area contributed by atoms with Crippen LogP contribution in [0.3, 0.4) is 0 Å². The zero-order valence-electron chi connectivity index (χ0n) is 13.8. The van der Waals surface area contributed by atoms with E-state index >= 15 is 0 Å². The maximum atomic E-state index is 12.5. The van der Waals surface area contributed by atoms with Gasteiger partial charge in [-0.05, 0) is 42.0 Å². The summed E-state index contributed by atoms with van der Waals surface area (Å²) in [7, 11) is 3.20. The van der Waals surface area contributed by atoms with Gasteiger partial charge in [-0.15, -0.1) is 0 Å². The Morgan fingerprint density at radius 1 is 1.00 bits per heavy atom. The van der Waals surface area contributed by atoms with E-state index in [1.807, 2.05) is 12.1 Å². The van der Waals surface area contributed by atoms with Crippen molar-refractivity contribution in [2.24, 2.45) is 0 Å². The highest BCUT2D eigenvalue weighted by atomic mass is 19.4. The lowest BCUT2D eigenvalue weighted by Gasteiger charge is -2.18. The van der Waals surface area contributed by atoms with Crippen LogP contribution in [0.15, 0.2) is 48.5 Å². The molecule has 0 atom stereocenters. The first-order valence-electron chi connectivity index (χ1n) is 7.46. The molecule has 25 heavy (non-hydrogen) atoms. The molecule has 0 saturated heterocycles. The number of methoxy groups -OCH3 is 1. The van der Waals surface area contributed by atoms with Crippen LogP contribution in [-0.2, 0) is 17.5 Å². The second-order valence-corrected chi connectivity index (χ2v) is 5.41. The van der Waals surface area contributed by atoms with E-state index in [1.165, 1.54) is 17.0 Å². The highest BCUT2D eigenvalue weighted by molar-refractivity contribution is 5.77. The summed E-state index contributed by atoms with van der Waals surface area (Å²) >= 11 is 0. The minimum absolute atomic E-state index is 0.208. The highest BCUT2D eigenvalue weighted by Gasteiger charge is 2.30. The lowest BCUT2D eigenvalue weighted by molar-refractivity contribution is -0.137. The first kappa shape index (κ1) is 18.6. The van der Waals surface area contributed by atoms with Crippen LogP contribution in [0.4, 0.5) is 13.2 Å². The van der Waals surface area contributed by atoms with E-state index in [4.69, 9.17) is 9.47 Å². The van der Waals surface area contributed by atoms with Crippen molar-refractivity contribution in [1.29, 1.82) is 0 Å². The largest absolute Gasteiger partial charge is 0.497 e. The van der Waals surface area contributed by atoms with Gasteiger partial charge in [0, 0.05) is 13.6 Å². The number of hydrogen-bond acceptors (Lipinski definition) is 3. The molecular formula is C18H18F3NO3. The van der Waals surface area contributed by atoms with Gasteiger partial charge in [-0.25, -0.2) is 0 Å². The van der Waals surface area contributed by atoms with Gasteiger partial charge in [0.25, 0.3) is 5.91 Å². The van der Waals surface area contributed by atoms with E-state index in [9.17, 15) is 18.0 Å². The number of alkyl halides is 3. The number of ether oxygens (including phenoxy) is 2. The van der Waals surface area contributed by atoms with Crippen LogP contribution in [-0.4, -0.2) is 31.6 Å². The number of halogens is 3. The van der Waals surface area contributed by atoms with Gasteiger partial charge in [0.05, 0.1) is 12.7 Å². The Bertz CT molecular complexity index is 697. The molecule has 0 aromatic heterocycles. The fourth-order valence-electron chi connectivity index (χ4n) is 2.09. The van der Waals surface area contributed by atoms with Crippen LogP contribution in [0.25, 0.3) is 0 Å². The first-order chi connectivity index (χ1) is 11.8. The standard InChI is InChI=1S/C18H18F3NO3/c1-22(11-13-3-7-15(24-2)8-4-13)17(23)12-25-16-9-5-14(6-10-16)18(19,20)21/h3-10H,11-12H2,1-2H3. The van der Waals surface area contributed by atoms with Crippen LogP contribution >= 0.6 is 0 Å². The second kappa shape index (κ2) is 7.92. The van der Waals surface area contributed by atoms with Gasteiger partial charge in [0.2, 0.25) is 0 Å². The van der Waals surface area contributed by atoms with E-state index < -0.39 is 11.7 Å². The van der Waals surface area contributed by atoms with Crippen molar-refractivity contribution in [2.75, 3.05) is 20.8 Å². The number of amides is 1. The number of likely N-dealkylation sites (N-methyl/N-ethyl adjacent to an activating group) is 1. The lowest BCUT2D eigenvalue weighted by atomic mass is 10.2. The summed E-state index contributed by atoms with van der Waals surface area (Å²) < 4.78 is 47.8. The van der Waals surface area contributed by atoms with Crippen LogP contribution in [0.1, 0.15) is 11.1 Å². The molecule has 0 aliphatic carbocycles. The summed E-state index contributed by atoms with van der Waals surface area (Å²) in [4.78, 5) is 13.5. The number of carbonyl (C=O) groups is 1. The van der Waals surface area contributed by atoms with Crippen molar-refractivity contribution < 1.29 is 27.4 Å². The van der Waals surface area contributed by atoms with Crippen molar-refractivity contribution in [2.45, 2.75) is 12.7 Å². The monoisotopic (exact) mass is 353 g/mol. The zero-order valence-corrected chi connectivity index (χ0v) is 13.8. The second-order valence-electron chi connectivity index (χ2n) is 5.41. The fraction of sp³-hybridized carbons (Fsp3) is 0.278. The van der Waals surface area contributed by atoms with Crippen molar-refractivity contribution in [3.63, 3.8) is 0 Å². The van der Waals surface area contributed by atoms with Crippen LogP contribution in [0.2, 0.25) is 0 Å². The molecule has 0 fully saturated rings. The molecule has 1 amide bonds. The number of hydrogen-bond donors (Lipinski definition) is 0. The molecule has 2 aromatic rings. The molecule has 0 N–H and O–H groups in total. The number of carbonyl (C=O) groups excluding carboxylic acids is 1. The molecule has 0 saturated carbocycles. The molecule has 2 rings (SSSR count). The summed E-state index contributed by atoms with van der Waals surface area (Å²) in [5.74, 6) is 0.651. The van der Waals surface area contributed by atoms with E-state index in [-0.39, 0.29) is 18.3 Å². The predicted molar refractivity (Wildman–Crippen MR) is 86.4 cm³/mol. The van der Waals surface area contributed by atoms with Crippen molar-refractivity contribution in [3.05, 3.63) is 59.7 Å². The summed E-state index contributed by atoms with van der Waals surface area (Å²) in [6, 6.07) is 11.5. The fourth-order valence-corrected chi connectivity index (χ4v) is 2.09. The van der Waals surface area contributed by atoms with E-state index in [0.717, 1.165) is 23.4 Å². The van der Waals surface area contributed by atoms with Gasteiger partial charge in [-0.2, -0.15) is 13.2 Å². The Morgan fingerprint density at radius 2 is 1.56 bits per heavy atom. The Hall–Kier alpha value is -2.70. The molecular weight excluding hydrogens is 335 g/mol. The van der Waals surface area contributed by atoms with E-state index in [1.54, 1.807) is 26.3 Å². The molecule has 2 aromatic carbocycles. The Balaban J connectivity index is 1.86. The molecule has 0 heterocycles. The van der Waals surface area contributed by atoms with Crippen molar-refractivity contribution >= 4 is 5.91 Å². The normalized spacial score (nSPS) is 11.1. The quantitative estimate of drug-likeness (QED) is 0.794. The first-order valence-corrected chi connectivity index (χ1v) is 7.46. The Morgan fingerprint density at radius 3 is 2.08 bits per heavy atom. The average molecular weight is 353 g/mol. The third kappa shape index (κ3) is 5.41. The van der Waals surface area contributed by atoms with Gasteiger partial charge in [-0.3, -0.25) is 4.79 Å². The maximum Gasteiger partial charge on any atom is 0.416 e. The summed E-state index contributed by atoms with van der Waals surface area (Å²) in [5, 5.41) is 0. The number of rotatable bonds is 6. The molecule has 0 aliphatic heterocycles. The van der Waals surface area contributed by atoms with Crippen molar-refractivity contribution in [3.8, 4) is 11.5 Å². The molecule has 0 spiro atoms. The third-order valence-corrected chi connectivity index (χ3v) is 3.55. The molecule has 0 aliphatic rings. The Kier molecular flexibility index (Phi) is 5.90. The zero-order chi connectivity index (χ0) is 18.4. The maximum absolute atomic E-state index is 12.5. The third-order valence-electron chi connectivity index (χ3n) is 3.55. The predicted octanol–water partition coefficient (Wildman–Crippen LogP) is 3.75. The Labute approximate surface area is 143 Å². The lowest BCUT2D eigenvalue weighted by Crippen LogP contribution is -2.30. The van der Waals surface area contributed by atoms with Gasteiger partial charge in [0.15, 0.2) is 6.61 Å². The highest BCUT2D eigenvalue weighted by Crippen LogP contribution is 2.30. The van der Waals surface area contributed by atoms with Crippen LogP contribution in [0.5, 0.6) is 11.5 Å². The van der Waals surface area contributed by atoms with Gasteiger partial charge < -0.3 is 14.4 Å². The van der Waals surface area contributed by atoms with Gasteiger partial charge in [-0.1, -0.05) is 12.1 Å². The molecule has 4 nitrogen and oxygen atoms in total. The topological polar surface area (TPSA) is 38.8 Å². The number of nitrogens with zero attached hydrogens (tertiary/aromatic N) is 1. The molecule has 134 valence electrons.